The van der Waals surface area contributed by atoms with Gasteiger partial charge in [0.25, 0.3) is 0 Å². The summed E-state index contributed by atoms with van der Waals surface area (Å²) in [5.41, 5.74) is 0. The van der Waals surface area contributed by atoms with Gasteiger partial charge in [0, 0.05) is 25.7 Å². The van der Waals surface area contributed by atoms with Crippen molar-refractivity contribution in [3.63, 3.8) is 0 Å². The van der Waals surface area contributed by atoms with Crippen molar-refractivity contribution >= 4 is 5.91 Å². The molecule has 80 valence electrons. The number of carbonyl (C=O) groups excluding carboxylic acids is 1. The van der Waals surface area contributed by atoms with Gasteiger partial charge in [-0.1, -0.05) is 0 Å². The summed E-state index contributed by atoms with van der Waals surface area (Å²) in [7, 11) is 0. The topological polar surface area (TPSA) is 35.6 Å². The first-order valence-corrected chi connectivity index (χ1v) is 5.40. The third kappa shape index (κ3) is 1.53. The standard InChI is InChI=1S/C10H19N3O/c1-7(2)12-4-5-13-8(3)11-10(14)9(13)6-12/h7-9H,4-6H2,1-3H3,(H,11,14). The third-order valence-electron chi connectivity index (χ3n) is 3.33. The van der Waals surface area contributed by atoms with E-state index in [0.29, 0.717) is 6.04 Å². The minimum atomic E-state index is 0.0844. The van der Waals surface area contributed by atoms with Gasteiger partial charge >= 0.3 is 0 Å². The fourth-order valence-corrected chi connectivity index (χ4v) is 2.37. The zero-order valence-corrected chi connectivity index (χ0v) is 9.16. The molecule has 2 unspecified atom stereocenters. The van der Waals surface area contributed by atoms with Gasteiger partial charge in [0.1, 0.15) is 6.04 Å². The van der Waals surface area contributed by atoms with E-state index in [2.05, 4.69) is 35.9 Å². The highest BCUT2D eigenvalue weighted by Gasteiger charge is 2.41. The van der Waals surface area contributed by atoms with Crippen molar-refractivity contribution in [2.45, 2.75) is 39.0 Å². The van der Waals surface area contributed by atoms with Gasteiger partial charge in [0.2, 0.25) is 5.91 Å². The summed E-state index contributed by atoms with van der Waals surface area (Å²) in [5, 5.41) is 2.98. The molecule has 0 radical (unpaired) electrons. The molecule has 2 rings (SSSR count). The van der Waals surface area contributed by atoms with Crippen molar-refractivity contribution in [2.75, 3.05) is 19.6 Å². The Hall–Kier alpha value is -0.610. The quantitative estimate of drug-likeness (QED) is 0.635. The highest BCUT2D eigenvalue weighted by Crippen LogP contribution is 2.19. The molecule has 0 aromatic carbocycles. The average molecular weight is 197 g/mol. The second kappa shape index (κ2) is 3.51. The molecule has 2 aliphatic heterocycles. The lowest BCUT2D eigenvalue weighted by molar-refractivity contribution is -0.123. The van der Waals surface area contributed by atoms with E-state index in [1.165, 1.54) is 0 Å². The van der Waals surface area contributed by atoms with E-state index in [-0.39, 0.29) is 18.1 Å². The molecule has 2 saturated heterocycles. The van der Waals surface area contributed by atoms with Crippen LogP contribution in [0.2, 0.25) is 0 Å². The summed E-state index contributed by atoms with van der Waals surface area (Å²) in [6.45, 7) is 9.39. The number of nitrogens with zero attached hydrogens (tertiary/aromatic N) is 2. The summed E-state index contributed by atoms with van der Waals surface area (Å²) in [6, 6.07) is 0.627. The van der Waals surface area contributed by atoms with E-state index in [1.54, 1.807) is 0 Å². The molecule has 0 saturated carbocycles. The van der Waals surface area contributed by atoms with Crippen LogP contribution in [-0.2, 0) is 4.79 Å². The van der Waals surface area contributed by atoms with E-state index in [1.807, 2.05) is 0 Å². The number of nitrogens with one attached hydrogen (secondary N) is 1. The molecule has 0 aromatic rings. The number of fused-ring (bicyclic) bond motifs is 1. The van der Waals surface area contributed by atoms with Crippen LogP contribution in [0.15, 0.2) is 0 Å². The molecule has 1 N–H and O–H groups in total. The predicted molar refractivity (Wildman–Crippen MR) is 54.8 cm³/mol. The molecule has 4 heteroatoms. The van der Waals surface area contributed by atoms with Crippen LogP contribution in [0.3, 0.4) is 0 Å². The maximum Gasteiger partial charge on any atom is 0.239 e. The number of hydrogen-bond donors (Lipinski definition) is 1. The zero-order chi connectivity index (χ0) is 10.3. The Morgan fingerprint density at radius 2 is 2.14 bits per heavy atom. The van der Waals surface area contributed by atoms with E-state index in [0.717, 1.165) is 19.6 Å². The Morgan fingerprint density at radius 3 is 2.79 bits per heavy atom. The molecule has 1 amide bonds. The Labute approximate surface area is 85.2 Å². The highest BCUT2D eigenvalue weighted by atomic mass is 16.2. The third-order valence-corrected chi connectivity index (χ3v) is 3.33. The molecule has 14 heavy (non-hydrogen) atoms. The summed E-state index contributed by atoms with van der Waals surface area (Å²) in [5.74, 6) is 0.197. The molecule has 2 atom stereocenters. The van der Waals surface area contributed by atoms with Crippen LogP contribution in [-0.4, -0.2) is 53.6 Å². The highest BCUT2D eigenvalue weighted by molar-refractivity contribution is 5.84. The SMILES string of the molecule is CC(C)N1CCN2C(C)NC(=O)C2C1. The molecule has 4 nitrogen and oxygen atoms in total. The van der Waals surface area contributed by atoms with Crippen LogP contribution >= 0.6 is 0 Å². The number of hydrogen-bond acceptors (Lipinski definition) is 3. The van der Waals surface area contributed by atoms with Gasteiger partial charge < -0.3 is 5.32 Å². The molecule has 0 spiro atoms. The van der Waals surface area contributed by atoms with Gasteiger partial charge in [-0.15, -0.1) is 0 Å². The Morgan fingerprint density at radius 1 is 1.43 bits per heavy atom. The van der Waals surface area contributed by atoms with E-state index >= 15 is 0 Å². The van der Waals surface area contributed by atoms with Gasteiger partial charge in [-0.3, -0.25) is 14.6 Å². The van der Waals surface area contributed by atoms with Gasteiger partial charge in [-0.05, 0) is 20.8 Å². The first-order valence-electron chi connectivity index (χ1n) is 5.40. The average Bonchev–Trinajstić information content (AvgIpc) is 2.42. The number of amides is 1. The van der Waals surface area contributed by atoms with E-state index < -0.39 is 0 Å². The minimum Gasteiger partial charge on any atom is -0.339 e. The van der Waals surface area contributed by atoms with Crippen LogP contribution in [0.4, 0.5) is 0 Å². The van der Waals surface area contributed by atoms with Gasteiger partial charge in [-0.25, -0.2) is 0 Å². The van der Waals surface area contributed by atoms with Crippen LogP contribution in [0.5, 0.6) is 0 Å². The molecule has 0 aromatic heterocycles. The number of rotatable bonds is 1. The molecule has 2 fully saturated rings. The Bertz CT molecular complexity index is 242. The van der Waals surface area contributed by atoms with Gasteiger partial charge in [0.15, 0.2) is 0 Å². The maximum atomic E-state index is 11.6. The van der Waals surface area contributed by atoms with E-state index in [4.69, 9.17) is 0 Å². The molecule has 0 bridgehead atoms. The van der Waals surface area contributed by atoms with E-state index in [9.17, 15) is 4.79 Å². The molecular formula is C10H19N3O. The molecule has 0 aliphatic carbocycles. The smallest absolute Gasteiger partial charge is 0.239 e. The molecule has 2 aliphatic rings. The van der Waals surface area contributed by atoms with Gasteiger partial charge in [0.05, 0.1) is 6.17 Å². The molecule has 2 heterocycles. The van der Waals surface area contributed by atoms with Gasteiger partial charge in [-0.2, -0.15) is 0 Å². The van der Waals surface area contributed by atoms with Crippen molar-refractivity contribution in [1.29, 1.82) is 0 Å². The van der Waals surface area contributed by atoms with Crippen LogP contribution in [0, 0.1) is 0 Å². The monoisotopic (exact) mass is 197 g/mol. The van der Waals surface area contributed by atoms with Crippen molar-refractivity contribution < 1.29 is 4.79 Å². The Balaban J connectivity index is 2.06. The number of piperazine rings is 1. The summed E-state index contributed by atoms with van der Waals surface area (Å²) in [4.78, 5) is 16.2. The zero-order valence-electron chi connectivity index (χ0n) is 9.16. The first-order chi connectivity index (χ1) is 6.59. The predicted octanol–water partition coefficient (Wildman–Crippen LogP) is -0.143. The first kappa shape index (κ1) is 9.93. The fourth-order valence-electron chi connectivity index (χ4n) is 2.37. The largest absolute Gasteiger partial charge is 0.339 e. The summed E-state index contributed by atoms with van der Waals surface area (Å²) < 4.78 is 0. The second-order valence-corrected chi connectivity index (χ2v) is 4.53. The number of carbonyl (C=O) groups is 1. The minimum absolute atomic E-state index is 0.0844. The lowest BCUT2D eigenvalue weighted by atomic mass is 10.1. The summed E-state index contributed by atoms with van der Waals surface area (Å²) in [6.07, 6.45) is 0.224. The van der Waals surface area contributed by atoms with Crippen molar-refractivity contribution in [1.82, 2.24) is 15.1 Å². The van der Waals surface area contributed by atoms with Crippen LogP contribution in [0.25, 0.3) is 0 Å². The normalized spacial score (nSPS) is 34.7. The van der Waals surface area contributed by atoms with Crippen LogP contribution < -0.4 is 5.32 Å². The lowest BCUT2D eigenvalue weighted by Crippen LogP contribution is -2.55. The second-order valence-electron chi connectivity index (χ2n) is 4.53. The van der Waals surface area contributed by atoms with Crippen molar-refractivity contribution in [2.24, 2.45) is 0 Å². The fraction of sp³-hybridized carbons (Fsp3) is 0.900. The van der Waals surface area contributed by atoms with Crippen molar-refractivity contribution in [3.8, 4) is 0 Å². The lowest BCUT2D eigenvalue weighted by Gasteiger charge is -2.39. The maximum absolute atomic E-state index is 11.6. The van der Waals surface area contributed by atoms with Crippen molar-refractivity contribution in [3.05, 3.63) is 0 Å². The van der Waals surface area contributed by atoms with Crippen LogP contribution in [0.1, 0.15) is 20.8 Å². The molecular weight excluding hydrogens is 178 g/mol. The Kier molecular flexibility index (Phi) is 2.49. The summed E-state index contributed by atoms with van der Waals surface area (Å²) >= 11 is 0.